The molecule has 0 saturated heterocycles. The van der Waals surface area contributed by atoms with Gasteiger partial charge in [0, 0.05) is 0 Å². The van der Waals surface area contributed by atoms with E-state index >= 15 is 0 Å². The minimum atomic E-state index is -4.41. The maximum atomic E-state index is 11.4. The minimum absolute atomic E-state index is 0. The van der Waals surface area contributed by atoms with Crippen LogP contribution in [0.3, 0.4) is 0 Å². The van der Waals surface area contributed by atoms with Crippen LogP contribution in [0.15, 0.2) is 94.7 Å². The fourth-order valence-electron chi connectivity index (χ4n) is 3.60. The second kappa shape index (κ2) is 14.8. The van der Waals surface area contributed by atoms with Crippen molar-refractivity contribution in [1.82, 2.24) is 0 Å². The van der Waals surface area contributed by atoms with Crippen LogP contribution in [0.4, 0.5) is 0 Å². The van der Waals surface area contributed by atoms with Gasteiger partial charge in [-0.3, -0.25) is 9.11 Å². The van der Waals surface area contributed by atoms with Gasteiger partial charge in [0.25, 0.3) is 20.2 Å². The van der Waals surface area contributed by atoms with E-state index in [-0.39, 0.29) is 79.0 Å². The first-order valence-electron chi connectivity index (χ1n) is 11.0. The molecular weight excluding hydrogens is 613 g/mol. The summed E-state index contributed by atoms with van der Waals surface area (Å²) in [7, 11) is -8.82. The van der Waals surface area contributed by atoms with Crippen LogP contribution in [0.5, 0.6) is 0 Å². The Morgan fingerprint density at radius 3 is 1.05 bits per heavy atom. The van der Waals surface area contributed by atoms with Crippen LogP contribution in [0.2, 0.25) is 10.0 Å². The van der Waals surface area contributed by atoms with E-state index in [1.54, 1.807) is 24.3 Å². The van der Waals surface area contributed by atoms with Gasteiger partial charge < -0.3 is 0 Å². The van der Waals surface area contributed by atoms with Crippen LogP contribution >= 0.6 is 23.2 Å². The first-order valence-corrected chi connectivity index (χ1v) is 14.6. The van der Waals surface area contributed by atoms with Crippen molar-refractivity contribution in [2.24, 2.45) is 0 Å². The molecule has 4 rings (SSSR count). The Labute approximate surface area is 287 Å². The Morgan fingerprint density at radius 2 is 0.750 bits per heavy atom. The van der Waals surface area contributed by atoms with E-state index in [9.17, 15) is 25.9 Å². The van der Waals surface area contributed by atoms with Gasteiger partial charge in [-0.2, -0.15) is 16.8 Å². The predicted molar refractivity (Wildman–Crippen MR) is 167 cm³/mol. The summed E-state index contributed by atoms with van der Waals surface area (Å²) >= 11 is 11.7. The Bertz CT molecular complexity index is 1640. The van der Waals surface area contributed by atoms with Gasteiger partial charge in [-0.25, -0.2) is 0 Å². The molecule has 2 N–H and O–H groups in total. The molecule has 0 heterocycles. The van der Waals surface area contributed by atoms with E-state index in [1.165, 1.54) is 24.3 Å². The standard InChI is InChI=1S/C28H20Cl2O6S2.2Na.2H/c29-25-15-9-21(17-27(25)37(31,32)33)3-1-19-5-11-23(12-6-19)24-13-7-20(8-14-24)2-4-22-10-16-26(30)28(18-22)38(34,35)36;;;;/h1-18H,(H,31,32,33)(H,34,35,36);;;;. The average molecular weight is 635 g/mol. The van der Waals surface area contributed by atoms with Gasteiger partial charge in [0.15, 0.2) is 0 Å². The van der Waals surface area contributed by atoms with Crippen molar-refractivity contribution in [2.75, 3.05) is 0 Å². The van der Waals surface area contributed by atoms with E-state index in [2.05, 4.69) is 0 Å². The summed E-state index contributed by atoms with van der Waals surface area (Å²) in [5.74, 6) is 0. The third-order valence-electron chi connectivity index (χ3n) is 5.56. The molecule has 198 valence electrons. The van der Waals surface area contributed by atoms with Crippen LogP contribution in [0, 0.1) is 0 Å². The van der Waals surface area contributed by atoms with Crippen molar-refractivity contribution in [3.63, 3.8) is 0 Å². The Kier molecular flexibility index (Phi) is 12.9. The molecule has 0 spiro atoms. The van der Waals surface area contributed by atoms with Crippen molar-refractivity contribution < 1.29 is 25.9 Å². The molecule has 6 nitrogen and oxygen atoms in total. The Hall–Kier alpha value is -1.24. The molecule has 4 aromatic carbocycles. The number of hydrogen-bond donors (Lipinski definition) is 2. The monoisotopic (exact) mass is 634 g/mol. The second-order valence-corrected chi connectivity index (χ2v) is 11.8. The van der Waals surface area contributed by atoms with E-state index in [4.69, 9.17) is 23.2 Å². The van der Waals surface area contributed by atoms with Crippen LogP contribution < -0.4 is 0 Å². The number of rotatable bonds is 7. The molecule has 0 unspecified atom stereocenters. The zero-order valence-electron chi connectivity index (χ0n) is 19.5. The summed E-state index contributed by atoms with van der Waals surface area (Å²) in [6.45, 7) is 0. The van der Waals surface area contributed by atoms with Crippen LogP contribution in [0.1, 0.15) is 22.3 Å². The quantitative estimate of drug-likeness (QED) is 0.142. The molecule has 0 atom stereocenters. The third-order valence-corrected chi connectivity index (χ3v) is 8.23. The average Bonchev–Trinajstić information content (AvgIpc) is 2.87. The normalized spacial score (nSPS) is 11.8. The molecule has 0 aliphatic rings. The van der Waals surface area contributed by atoms with Gasteiger partial charge in [-0.15, -0.1) is 0 Å². The summed E-state index contributed by atoms with van der Waals surface area (Å²) in [5, 5.41) is -0.0986. The van der Waals surface area contributed by atoms with E-state index in [1.807, 2.05) is 60.7 Å². The first kappa shape index (κ1) is 35.0. The molecule has 0 aromatic heterocycles. The molecule has 0 amide bonds. The van der Waals surface area contributed by atoms with E-state index in [0.717, 1.165) is 22.3 Å². The molecule has 0 fully saturated rings. The molecule has 0 aliphatic carbocycles. The Morgan fingerprint density at radius 1 is 0.475 bits per heavy atom. The van der Waals surface area contributed by atoms with Gasteiger partial charge in [0.2, 0.25) is 0 Å². The Balaban J connectivity index is 0.00000280. The van der Waals surface area contributed by atoms with Crippen LogP contribution in [0.25, 0.3) is 35.4 Å². The van der Waals surface area contributed by atoms with Crippen LogP contribution in [-0.2, 0) is 20.2 Å². The zero-order valence-corrected chi connectivity index (χ0v) is 22.6. The van der Waals surface area contributed by atoms with Gasteiger partial charge in [0.05, 0.1) is 10.0 Å². The number of halogens is 2. The van der Waals surface area contributed by atoms with Crippen LogP contribution in [-0.4, -0.2) is 85.1 Å². The number of hydrogen-bond acceptors (Lipinski definition) is 4. The fourth-order valence-corrected chi connectivity index (χ4v) is 5.62. The summed E-state index contributed by atoms with van der Waals surface area (Å²) in [6.07, 6.45) is 7.08. The molecule has 0 bridgehead atoms. The maximum absolute atomic E-state index is 11.4. The molecule has 0 radical (unpaired) electrons. The summed E-state index contributed by atoms with van der Waals surface area (Å²) in [6, 6.07) is 24.3. The van der Waals surface area contributed by atoms with E-state index < -0.39 is 20.2 Å². The third kappa shape index (κ3) is 9.39. The topological polar surface area (TPSA) is 109 Å². The van der Waals surface area contributed by atoms with Gasteiger partial charge >= 0.3 is 59.1 Å². The van der Waals surface area contributed by atoms with Crippen molar-refractivity contribution in [3.8, 4) is 11.1 Å². The van der Waals surface area contributed by atoms with Crippen molar-refractivity contribution >= 4 is 127 Å². The molecule has 0 saturated carbocycles. The predicted octanol–water partition coefficient (Wildman–Crippen LogP) is 6.20. The molecule has 12 heteroatoms. The van der Waals surface area contributed by atoms with Gasteiger partial charge in [-0.05, 0) is 57.6 Å². The fraction of sp³-hybridized carbons (Fsp3) is 0. The number of benzene rings is 4. The van der Waals surface area contributed by atoms with Crippen molar-refractivity contribution in [2.45, 2.75) is 9.79 Å². The first-order chi connectivity index (χ1) is 17.9. The molecular formula is C28H22Cl2Na2O6S2. The molecule has 4 aromatic rings. The molecule has 40 heavy (non-hydrogen) atoms. The van der Waals surface area contributed by atoms with Gasteiger partial charge in [-0.1, -0.05) is 108 Å². The SMILES string of the molecule is O=S(=O)(O)c1cc(C=Cc2ccc(-c3ccc(C=Cc4ccc(Cl)c(S(=O)(=O)O)c4)cc3)cc2)ccc1Cl.[NaH].[NaH]. The summed E-state index contributed by atoms with van der Waals surface area (Å²) in [5.41, 5.74) is 4.92. The van der Waals surface area contributed by atoms with Gasteiger partial charge in [0.1, 0.15) is 9.79 Å². The summed E-state index contributed by atoms with van der Waals surface area (Å²) < 4.78 is 64.3. The zero-order chi connectivity index (χ0) is 27.5. The molecule has 0 aliphatic heterocycles. The van der Waals surface area contributed by atoms with E-state index in [0.29, 0.717) is 11.1 Å². The van der Waals surface area contributed by atoms with Crippen molar-refractivity contribution in [1.29, 1.82) is 0 Å². The second-order valence-electron chi connectivity index (χ2n) is 8.24. The van der Waals surface area contributed by atoms with Crippen molar-refractivity contribution in [3.05, 3.63) is 117 Å². The summed E-state index contributed by atoms with van der Waals surface area (Å²) in [4.78, 5) is -0.683.